The molecule has 1 aromatic heterocycles. The minimum absolute atomic E-state index is 0.122. The van der Waals surface area contributed by atoms with E-state index in [1.807, 2.05) is 11.9 Å². The van der Waals surface area contributed by atoms with Crippen molar-refractivity contribution in [3.63, 3.8) is 0 Å². The second-order valence-corrected chi connectivity index (χ2v) is 10.3. The molecule has 1 amide bonds. The van der Waals surface area contributed by atoms with Crippen molar-refractivity contribution in [1.29, 1.82) is 0 Å². The standard InChI is InChI=1S/C18H27N5O3S/c1-3-27(25,26)23-11-5-17(6-12-23)13-22(16-19-8-4-9-20-16)14-18(17)7-10-21(2)15(18)24/h4,8-9H,3,5-7,10-14H2,1-2H3/t18-/m0/s1. The number of carbonyl (C=O) groups excluding carboxylic acids is 1. The summed E-state index contributed by atoms with van der Waals surface area (Å²) in [6.45, 7) is 4.72. The molecule has 3 aliphatic heterocycles. The maximum atomic E-state index is 13.2. The number of amides is 1. The lowest BCUT2D eigenvalue weighted by atomic mass is 9.60. The minimum atomic E-state index is -3.19. The molecule has 27 heavy (non-hydrogen) atoms. The Morgan fingerprint density at radius 3 is 2.30 bits per heavy atom. The third-order valence-corrected chi connectivity index (χ3v) is 8.75. The smallest absolute Gasteiger partial charge is 0.231 e. The first-order valence-corrected chi connectivity index (χ1v) is 11.2. The monoisotopic (exact) mass is 393 g/mol. The Kier molecular flexibility index (Phi) is 4.42. The highest BCUT2D eigenvalue weighted by Crippen LogP contribution is 2.58. The van der Waals surface area contributed by atoms with Crippen LogP contribution in [0.1, 0.15) is 26.2 Å². The summed E-state index contributed by atoms with van der Waals surface area (Å²) in [7, 11) is -1.33. The molecule has 1 aromatic rings. The molecule has 0 N–H and O–H groups in total. The maximum absolute atomic E-state index is 13.2. The largest absolute Gasteiger partial charge is 0.345 e. The quantitative estimate of drug-likeness (QED) is 0.747. The molecule has 4 heterocycles. The Hall–Kier alpha value is -1.74. The number of rotatable bonds is 3. The summed E-state index contributed by atoms with van der Waals surface area (Å²) in [5.74, 6) is 0.962. The lowest BCUT2D eigenvalue weighted by molar-refractivity contribution is -0.140. The zero-order valence-electron chi connectivity index (χ0n) is 16.0. The summed E-state index contributed by atoms with van der Waals surface area (Å²) in [6, 6.07) is 1.79. The number of anilines is 1. The van der Waals surface area contributed by atoms with E-state index in [2.05, 4.69) is 14.9 Å². The highest BCUT2D eigenvalue weighted by atomic mass is 32.2. The van der Waals surface area contributed by atoms with Gasteiger partial charge in [0.05, 0.1) is 11.2 Å². The van der Waals surface area contributed by atoms with Crippen LogP contribution in [-0.4, -0.2) is 79.0 Å². The van der Waals surface area contributed by atoms with Gasteiger partial charge in [-0.1, -0.05) is 0 Å². The van der Waals surface area contributed by atoms with Crippen molar-refractivity contribution in [3.05, 3.63) is 18.5 Å². The number of hydrogen-bond acceptors (Lipinski definition) is 6. The number of aromatic nitrogens is 2. The molecule has 0 aromatic carbocycles. The SMILES string of the molecule is CCS(=O)(=O)N1CCC2(CC1)CN(c1ncccn1)C[C@]21CCN(C)C1=O. The van der Waals surface area contributed by atoms with E-state index in [1.165, 1.54) is 0 Å². The third kappa shape index (κ3) is 2.74. The van der Waals surface area contributed by atoms with Gasteiger partial charge in [0.1, 0.15) is 0 Å². The summed E-state index contributed by atoms with van der Waals surface area (Å²) in [4.78, 5) is 26.0. The fraction of sp³-hybridized carbons (Fsp3) is 0.722. The van der Waals surface area contributed by atoms with Crippen LogP contribution in [0, 0.1) is 10.8 Å². The zero-order valence-corrected chi connectivity index (χ0v) is 16.8. The maximum Gasteiger partial charge on any atom is 0.231 e. The van der Waals surface area contributed by atoms with Gasteiger partial charge in [-0.15, -0.1) is 0 Å². The number of carbonyl (C=O) groups is 1. The van der Waals surface area contributed by atoms with Crippen molar-refractivity contribution in [2.45, 2.75) is 26.2 Å². The summed E-state index contributed by atoms with van der Waals surface area (Å²) in [6.07, 6.45) is 5.66. The van der Waals surface area contributed by atoms with E-state index in [4.69, 9.17) is 0 Å². The van der Waals surface area contributed by atoms with Crippen LogP contribution in [0.15, 0.2) is 18.5 Å². The number of hydrogen-bond donors (Lipinski definition) is 0. The van der Waals surface area contributed by atoms with E-state index in [-0.39, 0.29) is 17.1 Å². The molecule has 9 heteroatoms. The van der Waals surface area contributed by atoms with Crippen LogP contribution >= 0.6 is 0 Å². The number of likely N-dealkylation sites (tertiary alicyclic amines) is 1. The van der Waals surface area contributed by atoms with E-state index < -0.39 is 15.4 Å². The fourth-order valence-corrected chi connectivity index (χ4v) is 6.35. The fourth-order valence-electron chi connectivity index (χ4n) is 5.24. The molecular weight excluding hydrogens is 366 g/mol. The topological polar surface area (TPSA) is 86.7 Å². The number of piperidine rings is 1. The number of nitrogens with zero attached hydrogens (tertiary/aromatic N) is 5. The van der Waals surface area contributed by atoms with E-state index >= 15 is 0 Å². The number of fused-ring (bicyclic) bond motifs is 1. The van der Waals surface area contributed by atoms with Crippen molar-refractivity contribution >= 4 is 21.9 Å². The highest BCUT2D eigenvalue weighted by Gasteiger charge is 2.65. The van der Waals surface area contributed by atoms with E-state index in [0.29, 0.717) is 45.0 Å². The molecule has 0 bridgehead atoms. The van der Waals surface area contributed by atoms with Crippen LogP contribution < -0.4 is 4.90 Å². The van der Waals surface area contributed by atoms with E-state index in [0.717, 1.165) is 13.0 Å². The molecule has 0 aliphatic carbocycles. The molecule has 1 atom stereocenters. The molecule has 148 valence electrons. The molecule has 3 saturated heterocycles. The molecule has 3 fully saturated rings. The summed E-state index contributed by atoms with van der Waals surface area (Å²) in [5.41, 5.74) is -0.698. The molecule has 8 nitrogen and oxygen atoms in total. The highest BCUT2D eigenvalue weighted by molar-refractivity contribution is 7.89. The van der Waals surface area contributed by atoms with Crippen molar-refractivity contribution in [3.8, 4) is 0 Å². The van der Waals surface area contributed by atoms with E-state index in [1.54, 1.807) is 29.7 Å². The lowest BCUT2D eigenvalue weighted by Crippen LogP contribution is -2.53. The van der Waals surface area contributed by atoms with Crippen LogP contribution in [0.2, 0.25) is 0 Å². The molecule has 2 spiro atoms. The molecule has 3 aliphatic rings. The van der Waals surface area contributed by atoms with Crippen LogP contribution in [0.3, 0.4) is 0 Å². The summed E-state index contributed by atoms with van der Waals surface area (Å²) in [5, 5.41) is 0. The molecule has 4 rings (SSSR count). The van der Waals surface area contributed by atoms with Crippen LogP contribution in [0.5, 0.6) is 0 Å². The zero-order chi connectivity index (χ0) is 19.3. The molecule has 0 radical (unpaired) electrons. The lowest BCUT2D eigenvalue weighted by Gasteiger charge is -2.46. The van der Waals surface area contributed by atoms with Gasteiger partial charge < -0.3 is 9.80 Å². The Bertz CT molecular complexity index is 823. The van der Waals surface area contributed by atoms with Gasteiger partial charge in [-0.2, -0.15) is 0 Å². The summed E-state index contributed by atoms with van der Waals surface area (Å²) >= 11 is 0. The first-order valence-electron chi connectivity index (χ1n) is 9.59. The van der Waals surface area contributed by atoms with Crippen molar-refractivity contribution in [2.75, 3.05) is 50.4 Å². The van der Waals surface area contributed by atoms with Crippen molar-refractivity contribution < 1.29 is 13.2 Å². The molecule has 0 unspecified atom stereocenters. The second-order valence-electron chi connectivity index (χ2n) is 8.04. The molecular formula is C18H27N5O3S. The van der Waals surface area contributed by atoms with Gasteiger partial charge >= 0.3 is 0 Å². The third-order valence-electron chi connectivity index (χ3n) is 6.87. The predicted molar refractivity (Wildman–Crippen MR) is 102 cm³/mol. The van der Waals surface area contributed by atoms with Crippen molar-refractivity contribution in [1.82, 2.24) is 19.2 Å². The van der Waals surface area contributed by atoms with Gasteiger partial charge in [-0.3, -0.25) is 4.79 Å². The Morgan fingerprint density at radius 2 is 1.74 bits per heavy atom. The first kappa shape index (κ1) is 18.6. The van der Waals surface area contributed by atoms with Gasteiger partial charge in [0.15, 0.2) is 0 Å². The van der Waals surface area contributed by atoms with E-state index in [9.17, 15) is 13.2 Å². The predicted octanol–water partition coefficient (Wildman–Crippen LogP) is 0.577. The minimum Gasteiger partial charge on any atom is -0.345 e. The Labute approximate surface area is 160 Å². The van der Waals surface area contributed by atoms with Gasteiger partial charge in [-0.25, -0.2) is 22.7 Å². The van der Waals surface area contributed by atoms with Gasteiger partial charge in [-0.05, 0) is 32.3 Å². The van der Waals surface area contributed by atoms with Crippen molar-refractivity contribution in [2.24, 2.45) is 10.8 Å². The Balaban J connectivity index is 1.66. The average molecular weight is 394 g/mol. The molecule has 0 saturated carbocycles. The van der Waals surface area contributed by atoms with Crippen LogP contribution in [0.25, 0.3) is 0 Å². The first-order chi connectivity index (χ1) is 12.8. The van der Waals surface area contributed by atoms with Gasteiger partial charge in [0.2, 0.25) is 21.9 Å². The van der Waals surface area contributed by atoms with Crippen LogP contribution in [0.4, 0.5) is 5.95 Å². The number of sulfonamides is 1. The second kappa shape index (κ2) is 6.41. The Morgan fingerprint density at radius 1 is 1.07 bits per heavy atom. The average Bonchev–Trinajstić information content (AvgIpc) is 3.16. The van der Waals surface area contributed by atoms with Gasteiger partial charge in [0, 0.05) is 57.6 Å². The normalized spacial score (nSPS) is 28.6. The van der Waals surface area contributed by atoms with Crippen LogP contribution in [-0.2, 0) is 14.8 Å². The van der Waals surface area contributed by atoms with Gasteiger partial charge in [0.25, 0.3) is 0 Å². The summed E-state index contributed by atoms with van der Waals surface area (Å²) < 4.78 is 26.2.